The van der Waals surface area contributed by atoms with Crippen LogP contribution in [0, 0.1) is 25.7 Å². The van der Waals surface area contributed by atoms with Crippen LogP contribution >= 0.6 is 11.3 Å². The van der Waals surface area contributed by atoms with Crippen molar-refractivity contribution in [1.82, 2.24) is 9.55 Å². The molecule has 0 radical (unpaired) electrons. The summed E-state index contributed by atoms with van der Waals surface area (Å²) in [5.74, 6) is 5.84. The monoisotopic (exact) mass is 443 g/mol. The van der Waals surface area contributed by atoms with Crippen molar-refractivity contribution in [3.63, 3.8) is 0 Å². The molecule has 32 heavy (non-hydrogen) atoms. The van der Waals surface area contributed by atoms with E-state index in [1.165, 1.54) is 11.3 Å². The molecule has 0 unspecified atom stereocenters. The number of aromatic nitrogens is 2. The number of rotatable bonds is 5. The van der Waals surface area contributed by atoms with Crippen LogP contribution in [-0.4, -0.2) is 20.6 Å². The molecule has 0 fully saturated rings. The van der Waals surface area contributed by atoms with Gasteiger partial charge in [0.25, 0.3) is 0 Å². The molecule has 0 saturated heterocycles. The van der Waals surface area contributed by atoms with Gasteiger partial charge in [0, 0.05) is 17.5 Å². The Labute approximate surface area is 190 Å². The van der Waals surface area contributed by atoms with Crippen molar-refractivity contribution in [1.29, 1.82) is 0 Å². The van der Waals surface area contributed by atoms with Crippen molar-refractivity contribution in [2.75, 3.05) is 5.48 Å². The fraction of sp³-hybridized carbons (Fsp3) is 0.120. The molecule has 160 valence electrons. The number of aryl methyl sites for hydroxylation is 3. The van der Waals surface area contributed by atoms with Crippen molar-refractivity contribution < 1.29 is 14.7 Å². The second-order valence-electron chi connectivity index (χ2n) is 7.35. The summed E-state index contributed by atoms with van der Waals surface area (Å²) in [6.45, 7) is 3.95. The first-order chi connectivity index (χ1) is 15.4. The molecule has 7 heteroatoms. The first kappa shape index (κ1) is 21.2. The lowest BCUT2D eigenvalue weighted by atomic mass is 10.1. The second-order valence-corrected chi connectivity index (χ2v) is 8.40. The number of hydrogen-bond acceptors (Lipinski definition) is 5. The van der Waals surface area contributed by atoms with E-state index in [9.17, 15) is 9.90 Å². The van der Waals surface area contributed by atoms with Crippen LogP contribution in [0.3, 0.4) is 0 Å². The van der Waals surface area contributed by atoms with Crippen LogP contribution in [0.2, 0.25) is 0 Å². The SMILES string of the molecule is Cc1ccc(ONc2cc(-c3ccc(C#Cc4cncn4C)cc3)sc2C(=O)O)c(C)c1. The number of nitrogens with zero attached hydrogens (tertiary/aromatic N) is 2. The largest absolute Gasteiger partial charge is 0.477 e. The number of carboxylic acid groups (broad SMARTS) is 1. The van der Waals surface area contributed by atoms with E-state index in [0.29, 0.717) is 11.4 Å². The number of carbonyl (C=O) groups is 1. The predicted octanol–water partition coefficient (Wildman–Crippen LogP) is 5.27. The van der Waals surface area contributed by atoms with Gasteiger partial charge in [-0.15, -0.1) is 11.3 Å². The third-order valence-corrected chi connectivity index (χ3v) is 6.02. The summed E-state index contributed by atoms with van der Waals surface area (Å²) in [7, 11) is 1.90. The number of imidazole rings is 1. The first-order valence-corrected chi connectivity index (χ1v) is 10.7. The second kappa shape index (κ2) is 9.00. The Kier molecular flexibility index (Phi) is 5.97. The summed E-state index contributed by atoms with van der Waals surface area (Å²) in [5.41, 5.74) is 7.92. The maximum atomic E-state index is 11.8. The van der Waals surface area contributed by atoms with Crippen LogP contribution in [0.15, 0.2) is 61.1 Å². The van der Waals surface area contributed by atoms with Gasteiger partial charge in [0.15, 0.2) is 5.75 Å². The Morgan fingerprint density at radius 3 is 2.56 bits per heavy atom. The van der Waals surface area contributed by atoms with Crippen molar-refractivity contribution >= 4 is 23.0 Å². The summed E-state index contributed by atoms with van der Waals surface area (Å²) in [6.07, 6.45) is 3.43. The normalized spacial score (nSPS) is 10.3. The van der Waals surface area contributed by atoms with Gasteiger partial charge in [-0.1, -0.05) is 35.7 Å². The van der Waals surface area contributed by atoms with E-state index in [0.717, 1.165) is 32.8 Å². The van der Waals surface area contributed by atoms with Crippen LogP contribution in [-0.2, 0) is 7.05 Å². The van der Waals surface area contributed by atoms with Gasteiger partial charge < -0.3 is 14.5 Å². The molecular weight excluding hydrogens is 422 g/mol. The topological polar surface area (TPSA) is 76.4 Å². The highest BCUT2D eigenvalue weighted by atomic mass is 32.1. The van der Waals surface area contributed by atoms with Crippen LogP contribution in [0.1, 0.15) is 32.1 Å². The quantitative estimate of drug-likeness (QED) is 0.325. The Morgan fingerprint density at radius 1 is 1.12 bits per heavy atom. The zero-order valence-corrected chi connectivity index (χ0v) is 18.7. The highest BCUT2D eigenvalue weighted by molar-refractivity contribution is 7.18. The molecule has 2 N–H and O–H groups in total. The molecule has 0 atom stereocenters. The smallest absolute Gasteiger partial charge is 0.348 e. The average molecular weight is 444 g/mol. The molecule has 0 saturated carbocycles. The minimum atomic E-state index is -1.01. The van der Waals surface area contributed by atoms with E-state index in [1.807, 2.05) is 67.9 Å². The van der Waals surface area contributed by atoms with Crippen LogP contribution in [0.4, 0.5) is 5.69 Å². The maximum Gasteiger partial charge on any atom is 0.348 e. The summed E-state index contributed by atoms with van der Waals surface area (Å²) in [5, 5.41) is 9.63. The number of hydrogen-bond donors (Lipinski definition) is 2. The maximum absolute atomic E-state index is 11.8. The van der Waals surface area contributed by atoms with Crippen molar-refractivity contribution in [3.05, 3.63) is 88.3 Å². The van der Waals surface area contributed by atoms with Crippen LogP contribution < -0.4 is 10.3 Å². The van der Waals surface area contributed by atoms with Gasteiger partial charge in [0.2, 0.25) is 0 Å². The fourth-order valence-corrected chi connectivity index (χ4v) is 4.07. The van der Waals surface area contributed by atoms with Gasteiger partial charge in [-0.3, -0.25) is 0 Å². The van der Waals surface area contributed by atoms with Gasteiger partial charge in [-0.2, -0.15) is 0 Å². The molecule has 4 aromatic rings. The third kappa shape index (κ3) is 4.66. The predicted molar refractivity (Wildman–Crippen MR) is 126 cm³/mol. The Morgan fingerprint density at radius 2 is 1.91 bits per heavy atom. The lowest BCUT2D eigenvalue weighted by molar-refractivity contribution is 0.0702. The van der Waals surface area contributed by atoms with Crippen molar-refractivity contribution in [2.24, 2.45) is 7.05 Å². The molecule has 0 bridgehead atoms. The fourth-order valence-electron chi connectivity index (χ4n) is 3.12. The molecule has 0 aliphatic heterocycles. The number of carboxylic acids is 1. The lowest BCUT2D eigenvalue weighted by Gasteiger charge is -2.10. The highest BCUT2D eigenvalue weighted by Gasteiger charge is 2.17. The molecule has 2 heterocycles. The van der Waals surface area contributed by atoms with Gasteiger partial charge in [-0.05, 0) is 55.2 Å². The molecule has 0 aliphatic rings. The molecule has 0 spiro atoms. The summed E-state index contributed by atoms with van der Waals surface area (Å²) in [4.78, 5) is 22.5. The Bertz CT molecular complexity index is 1340. The first-order valence-electron chi connectivity index (χ1n) is 9.87. The van der Waals surface area contributed by atoms with Gasteiger partial charge >= 0.3 is 5.97 Å². The Balaban J connectivity index is 1.54. The number of benzene rings is 2. The molecular formula is C25H21N3O3S. The molecule has 4 rings (SSSR count). The standard InChI is InChI=1S/C25H21N3O3S/c1-16-4-11-22(17(2)12-16)31-27-21-13-23(32-24(21)25(29)30)19-8-5-18(6-9-19)7-10-20-14-26-15-28(20)3/h4-6,8-9,11-15,27H,1-3H3,(H,29,30). The van der Waals surface area contributed by atoms with Crippen molar-refractivity contribution in [2.45, 2.75) is 13.8 Å². The molecule has 0 amide bonds. The van der Waals surface area contributed by atoms with E-state index in [-0.39, 0.29) is 4.88 Å². The van der Waals surface area contributed by atoms with E-state index in [4.69, 9.17) is 4.84 Å². The summed E-state index contributed by atoms with van der Waals surface area (Å²) < 4.78 is 1.86. The molecule has 0 aliphatic carbocycles. The minimum absolute atomic E-state index is 0.185. The van der Waals surface area contributed by atoms with E-state index in [2.05, 4.69) is 22.3 Å². The van der Waals surface area contributed by atoms with Crippen molar-refractivity contribution in [3.8, 4) is 28.0 Å². The van der Waals surface area contributed by atoms with Gasteiger partial charge in [0.05, 0.1) is 18.2 Å². The third-order valence-electron chi connectivity index (χ3n) is 4.85. The minimum Gasteiger partial charge on any atom is -0.477 e. The average Bonchev–Trinajstić information content (AvgIpc) is 3.38. The zero-order chi connectivity index (χ0) is 22.7. The highest BCUT2D eigenvalue weighted by Crippen LogP contribution is 2.35. The molecule has 2 aromatic heterocycles. The van der Waals surface area contributed by atoms with E-state index < -0.39 is 5.97 Å². The number of anilines is 1. The number of thiophene rings is 1. The number of aromatic carboxylic acids is 1. The Hall–Kier alpha value is -4.02. The van der Waals surface area contributed by atoms with E-state index in [1.54, 1.807) is 18.6 Å². The van der Waals surface area contributed by atoms with Gasteiger partial charge in [-0.25, -0.2) is 15.3 Å². The van der Waals surface area contributed by atoms with Gasteiger partial charge in [0.1, 0.15) is 10.6 Å². The zero-order valence-electron chi connectivity index (χ0n) is 17.8. The molecule has 2 aromatic carbocycles. The number of nitrogens with one attached hydrogen (secondary N) is 1. The molecule has 6 nitrogen and oxygen atoms in total. The summed E-state index contributed by atoms with van der Waals surface area (Å²) >= 11 is 1.19. The summed E-state index contributed by atoms with van der Waals surface area (Å²) in [6, 6.07) is 15.3. The van der Waals surface area contributed by atoms with Crippen LogP contribution in [0.5, 0.6) is 5.75 Å². The lowest BCUT2D eigenvalue weighted by Crippen LogP contribution is -2.08. The van der Waals surface area contributed by atoms with E-state index >= 15 is 0 Å². The van der Waals surface area contributed by atoms with Crippen LogP contribution in [0.25, 0.3) is 10.4 Å².